The first-order valence-electron chi connectivity index (χ1n) is 20.7. The fourth-order valence-corrected chi connectivity index (χ4v) is 7.58. The number of nitrogens with two attached hydrogens (primary N) is 1. The van der Waals surface area contributed by atoms with Gasteiger partial charge >= 0.3 is 7.60 Å². The third-order valence-corrected chi connectivity index (χ3v) is 11.3. The van der Waals surface area contributed by atoms with Gasteiger partial charge in [-0.1, -0.05) is 36.6 Å². The van der Waals surface area contributed by atoms with Crippen LogP contribution in [0.15, 0.2) is 30.5 Å². The molecule has 58 heavy (non-hydrogen) atoms. The van der Waals surface area contributed by atoms with Crippen LogP contribution < -0.4 is 37.6 Å². The third kappa shape index (κ3) is 15.8. The Morgan fingerprint density at radius 3 is 2.47 bits per heavy atom. The van der Waals surface area contributed by atoms with Crippen LogP contribution in [0.4, 0.5) is 11.8 Å². The first-order valence-corrected chi connectivity index (χ1v) is 22.5. The Hall–Kier alpha value is -4.26. The number of anilines is 2. The Kier molecular flexibility index (Phi) is 18.1. The third-order valence-electron chi connectivity index (χ3n) is 10.5. The normalized spacial score (nSPS) is 15.9. The first-order chi connectivity index (χ1) is 28.0. The van der Waals surface area contributed by atoms with Crippen molar-refractivity contribution >= 4 is 48.0 Å². The van der Waals surface area contributed by atoms with Crippen molar-refractivity contribution in [1.82, 2.24) is 51.1 Å². The summed E-state index contributed by atoms with van der Waals surface area (Å²) in [6.45, 7) is 5.32. The number of fused-ring (bicyclic) bond motifs is 1. The number of likely N-dealkylation sites (tertiary alicyclic amines) is 1. The molecule has 1 atom stereocenters. The molecule has 0 unspecified atom stereocenters. The second-order valence-corrected chi connectivity index (χ2v) is 17.0. The van der Waals surface area contributed by atoms with Crippen LogP contribution in [0.5, 0.6) is 0 Å². The Morgan fingerprint density at radius 1 is 0.897 bits per heavy atom. The van der Waals surface area contributed by atoms with Crippen molar-refractivity contribution in [2.24, 2.45) is 5.73 Å². The Bertz CT molecular complexity index is 1790. The number of para-hydroxylation sites is 1. The zero-order valence-electron chi connectivity index (χ0n) is 33.4. The lowest BCUT2D eigenvalue weighted by molar-refractivity contribution is -0.132. The molecule has 1 aliphatic heterocycles. The van der Waals surface area contributed by atoms with E-state index in [4.69, 9.17) is 25.5 Å². The summed E-state index contributed by atoms with van der Waals surface area (Å²) in [4.78, 5) is 66.3. The number of benzene rings is 1. The predicted octanol–water partition coefficient (Wildman–Crippen LogP) is 1.44. The summed E-state index contributed by atoms with van der Waals surface area (Å²) in [6, 6.07) is 7.66. The summed E-state index contributed by atoms with van der Waals surface area (Å²) in [5.74, 6) is 0.221. The number of hydrogen-bond acceptors (Lipinski definition) is 13. The Balaban J connectivity index is 0.973. The van der Waals surface area contributed by atoms with Crippen molar-refractivity contribution in [2.45, 2.75) is 108 Å². The van der Waals surface area contributed by atoms with Crippen LogP contribution in [0.3, 0.4) is 0 Å². The van der Waals surface area contributed by atoms with E-state index in [9.17, 15) is 18.9 Å². The summed E-state index contributed by atoms with van der Waals surface area (Å²) < 4.78 is 12.8. The number of hydrogen-bond donors (Lipinski definition) is 9. The summed E-state index contributed by atoms with van der Waals surface area (Å²) in [7, 11) is -4.23. The smallest absolute Gasteiger partial charge is 0.327 e. The van der Waals surface area contributed by atoms with E-state index < -0.39 is 25.7 Å². The maximum absolute atomic E-state index is 12.9. The van der Waals surface area contributed by atoms with Crippen LogP contribution >= 0.6 is 7.60 Å². The number of nitrogens with zero attached hydrogens (tertiary/aromatic N) is 6. The van der Waals surface area contributed by atoms with Gasteiger partial charge in [0.15, 0.2) is 0 Å². The van der Waals surface area contributed by atoms with Crippen LogP contribution in [0, 0.1) is 0 Å². The van der Waals surface area contributed by atoms with Crippen molar-refractivity contribution in [2.75, 3.05) is 62.6 Å². The molecule has 1 saturated heterocycles. The molecule has 2 fully saturated rings. The van der Waals surface area contributed by atoms with Gasteiger partial charge in [-0.3, -0.25) is 23.6 Å². The molecule has 1 aliphatic carbocycles. The highest BCUT2D eigenvalue weighted by Crippen LogP contribution is 2.32. The van der Waals surface area contributed by atoms with Crippen LogP contribution in [0.1, 0.15) is 82.7 Å². The lowest BCUT2D eigenvalue weighted by atomic mass is 9.95. The minimum Gasteiger partial charge on any atom is -0.367 e. The summed E-state index contributed by atoms with van der Waals surface area (Å²) >= 11 is 0. The molecule has 2 aliphatic rings. The summed E-state index contributed by atoms with van der Waals surface area (Å²) in [5, 5.41) is 28.7. The molecule has 3 heterocycles. The minimum absolute atomic E-state index is 0.0220. The van der Waals surface area contributed by atoms with E-state index in [0.717, 1.165) is 74.3 Å². The molecular formula is C38H62N13O6P. The number of rotatable bonds is 24. The zero-order valence-corrected chi connectivity index (χ0v) is 34.3. The maximum atomic E-state index is 12.9. The number of nitrogens with one attached hydrogen (secondary N) is 6. The molecule has 19 nitrogen and oxygen atoms in total. The summed E-state index contributed by atoms with van der Waals surface area (Å²) in [5.41, 5.74) is 7.40. The second-order valence-electron chi connectivity index (χ2n) is 15.2. The molecular weight excluding hydrogens is 765 g/mol. The van der Waals surface area contributed by atoms with Gasteiger partial charge < -0.3 is 52.3 Å². The maximum Gasteiger partial charge on any atom is 0.327 e. The molecule has 3 amide bonds. The van der Waals surface area contributed by atoms with Crippen molar-refractivity contribution in [3.05, 3.63) is 36.2 Å². The van der Waals surface area contributed by atoms with Gasteiger partial charge in [-0.05, 0) is 76.7 Å². The SMILES string of the molecule is N[C@@H](CCC(=O)NCCC(=O)N1CCC(Nc2nc(NCc3cn(CCCNCCCNC4CCCCC4)nn3)nc3ccccc23)CC1)C(=O)NCCP(=O)(O)O. The van der Waals surface area contributed by atoms with Gasteiger partial charge in [0.1, 0.15) is 11.5 Å². The number of aromatic nitrogens is 5. The predicted molar refractivity (Wildman–Crippen MR) is 222 cm³/mol. The van der Waals surface area contributed by atoms with Gasteiger partial charge in [0.05, 0.1) is 30.5 Å². The fraction of sp³-hybridized carbons (Fsp3) is 0.658. The van der Waals surface area contributed by atoms with Gasteiger partial charge in [0.2, 0.25) is 23.7 Å². The molecule has 1 aromatic carbocycles. The van der Waals surface area contributed by atoms with E-state index in [1.165, 1.54) is 32.1 Å². The summed E-state index contributed by atoms with van der Waals surface area (Å²) in [6.07, 6.45) is 12.0. The largest absolute Gasteiger partial charge is 0.367 e. The molecule has 0 spiro atoms. The molecule has 0 bridgehead atoms. The molecule has 320 valence electrons. The lowest BCUT2D eigenvalue weighted by Crippen LogP contribution is -2.43. The van der Waals surface area contributed by atoms with E-state index in [1.54, 1.807) is 4.90 Å². The van der Waals surface area contributed by atoms with Crippen LogP contribution in [0.25, 0.3) is 10.9 Å². The van der Waals surface area contributed by atoms with E-state index in [1.807, 2.05) is 35.1 Å². The zero-order chi connectivity index (χ0) is 41.2. The van der Waals surface area contributed by atoms with Crippen molar-refractivity contribution in [1.29, 1.82) is 0 Å². The Labute approximate surface area is 340 Å². The minimum atomic E-state index is -4.23. The van der Waals surface area contributed by atoms with Crippen LogP contribution in [0.2, 0.25) is 0 Å². The van der Waals surface area contributed by atoms with Crippen molar-refractivity contribution < 1.29 is 28.7 Å². The molecule has 0 radical (unpaired) electrons. The number of amides is 3. The van der Waals surface area contributed by atoms with Gasteiger partial charge in [-0.15, -0.1) is 5.10 Å². The number of piperidine rings is 1. The quantitative estimate of drug-likeness (QED) is 0.0457. The average molecular weight is 828 g/mol. The molecule has 10 N–H and O–H groups in total. The molecule has 5 rings (SSSR count). The molecule has 2 aromatic heterocycles. The van der Waals surface area contributed by atoms with Crippen molar-refractivity contribution in [3.8, 4) is 0 Å². The van der Waals surface area contributed by atoms with E-state index >= 15 is 0 Å². The highest BCUT2D eigenvalue weighted by Gasteiger charge is 2.24. The highest BCUT2D eigenvalue weighted by atomic mass is 31.2. The van der Waals surface area contributed by atoms with E-state index in [-0.39, 0.29) is 50.2 Å². The second kappa shape index (κ2) is 23.4. The van der Waals surface area contributed by atoms with Crippen molar-refractivity contribution in [3.63, 3.8) is 0 Å². The Morgan fingerprint density at radius 2 is 1.67 bits per heavy atom. The van der Waals surface area contributed by atoms with Crippen LogP contribution in [-0.2, 0) is 32.0 Å². The highest BCUT2D eigenvalue weighted by molar-refractivity contribution is 7.51. The number of carbonyl (C=O) groups is 3. The van der Waals surface area contributed by atoms with Gasteiger partial charge in [-0.25, -0.2) is 4.98 Å². The lowest BCUT2D eigenvalue weighted by Gasteiger charge is -2.33. The van der Waals surface area contributed by atoms with Gasteiger partial charge in [0.25, 0.3) is 0 Å². The standard InChI is InChI=1S/C38H62N13O6P/c39-32(37(54)43-21-25-58(55,56)57)12-13-34(52)42-20-14-35(53)50-23-15-29(16-24-50)45-36-31-10-4-5-11-33(31)46-38(47-36)44-26-30-27-51(49-48-30)22-7-18-40-17-6-19-41-28-8-2-1-3-9-28/h4-5,10-11,27-29,32,40-41H,1-3,6-9,12-26,39H2,(H,42,52)(H,43,54)(H2,55,56,57)(H2,44,45,46,47)/t32-/m0/s1. The van der Waals surface area contributed by atoms with E-state index in [2.05, 4.69) is 42.2 Å². The van der Waals surface area contributed by atoms with Gasteiger partial charge in [0, 0.05) is 63.0 Å². The molecule has 3 aromatic rings. The number of carbonyl (C=O) groups excluding carboxylic acids is 3. The fourth-order valence-electron chi connectivity index (χ4n) is 7.18. The van der Waals surface area contributed by atoms with E-state index in [0.29, 0.717) is 31.6 Å². The average Bonchev–Trinajstić information content (AvgIpc) is 3.67. The van der Waals surface area contributed by atoms with Crippen LogP contribution in [-0.4, -0.2) is 127 Å². The molecule has 1 saturated carbocycles. The number of aryl methyl sites for hydroxylation is 1. The monoisotopic (exact) mass is 827 g/mol. The first kappa shape index (κ1) is 44.8. The topological polar surface area (TPSA) is 267 Å². The van der Waals surface area contributed by atoms with Gasteiger partial charge in [-0.2, -0.15) is 4.98 Å². The molecule has 20 heteroatoms.